The fourth-order valence-corrected chi connectivity index (χ4v) is 1.70. The molecule has 0 aliphatic heterocycles. The second kappa shape index (κ2) is 8.11. The van der Waals surface area contributed by atoms with Crippen LogP contribution in [0, 0.1) is 11.6 Å². The zero-order valence-electron chi connectivity index (χ0n) is 12.4. The third-order valence-corrected chi connectivity index (χ3v) is 2.81. The van der Waals surface area contributed by atoms with E-state index in [4.69, 9.17) is 9.63 Å². The number of hydrogen-bond acceptors (Lipinski definition) is 6. The Morgan fingerprint density at radius 1 is 1.29 bits per heavy atom. The summed E-state index contributed by atoms with van der Waals surface area (Å²) >= 11 is 0. The highest BCUT2D eigenvalue weighted by atomic mass is 19.1. The van der Waals surface area contributed by atoms with Gasteiger partial charge in [-0.25, -0.2) is 8.78 Å². The van der Waals surface area contributed by atoms with Crippen LogP contribution in [0.1, 0.15) is 22.9 Å². The Morgan fingerprint density at radius 3 is 2.79 bits per heavy atom. The number of aliphatic hydroxyl groups is 1. The van der Waals surface area contributed by atoms with E-state index < -0.39 is 23.4 Å². The summed E-state index contributed by atoms with van der Waals surface area (Å²) in [7, 11) is 0. The van der Waals surface area contributed by atoms with Gasteiger partial charge in [-0.15, -0.1) is 0 Å². The van der Waals surface area contributed by atoms with Gasteiger partial charge in [-0.05, 0) is 18.6 Å². The van der Waals surface area contributed by atoms with Crippen LogP contribution < -0.4 is 10.6 Å². The number of aliphatic hydroxyl groups excluding tert-OH is 1. The molecule has 3 N–H and O–H groups in total. The van der Waals surface area contributed by atoms with Gasteiger partial charge in [-0.1, -0.05) is 5.16 Å². The first-order chi connectivity index (χ1) is 11.5. The number of carbonyl (C=O) groups is 2. The van der Waals surface area contributed by atoms with E-state index in [0.717, 1.165) is 12.1 Å². The lowest BCUT2D eigenvalue weighted by Gasteiger charge is -2.04. The number of nitrogens with one attached hydrogen (secondary N) is 2. The largest absolute Gasteiger partial charge is 0.396 e. The first-order valence-corrected chi connectivity index (χ1v) is 6.96. The summed E-state index contributed by atoms with van der Waals surface area (Å²) < 4.78 is 30.9. The molecule has 2 amide bonds. The van der Waals surface area contributed by atoms with Crippen molar-refractivity contribution in [2.75, 3.05) is 18.5 Å². The van der Waals surface area contributed by atoms with Crippen LogP contribution in [0.4, 0.5) is 14.5 Å². The Hall–Kier alpha value is -2.88. The first kappa shape index (κ1) is 17.5. The van der Waals surface area contributed by atoms with Crippen molar-refractivity contribution in [2.45, 2.75) is 12.8 Å². The molecule has 0 saturated carbocycles. The van der Waals surface area contributed by atoms with E-state index in [1.807, 2.05) is 0 Å². The average Bonchev–Trinajstić information content (AvgIpc) is 2.99. The van der Waals surface area contributed by atoms with Crippen LogP contribution in [-0.2, 0) is 11.2 Å². The predicted molar refractivity (Wildman–Crippen MR) is 77.0 cm³/mol. The monoisotopic (exact) mass is 340 g/mol. The molecule has 128 valence electrons. The zero-order valence-corrected chi connectivity index (χ0v) is 12.4. The Bertz CT molecular complexity index is 735. The van der Waals surface area contributed by atoms with Crippen LogP contribution in [0.2, 0.25) is 0 Å². The summed E-state index contributed by atoms with van der Waals surface area (Å²) in [4.78, 5) is 27.1. The summed E-state index contributed by atoms with van der Waals surface area (Å²) in [6.45, 7) is 0.160. The molecule has 0 aliphatic carbocycles. The summed E-state index contributed by atoms with van der Waals surface area (Å²) in [6, 6.07) is 2.72. The molecule has 0 spiro atoms. The van der Waals surface area contributed by atoms with Gasteiger partial charge in [0.1, 0.15) is 11.6 Å². The maximum atomic E-state index is 13.4. The molecule has 1 aromatic carbocycles. The number of nitrogens with zero attached hydrogens (tertiary/aromatic N) is 2. The Balaban J connectivity index is 1.91. The van der Waals surface area contributed by atoms with Crippen LogP contribution in [0.5, 0.6) is 0 Å². The van der Waals surface area contributed by atoms with Crippen molar-refractivity contribution >= 4 is 17.5 Å². The minimum atomic E-state index is -0.916. The van der Waals surface area contributed by atoms with Crippen LogP contribution in [-0.4, -0.2) is 40.2 Å². The summed E-state index contributed by atoms with van der Waals surface area (Å²) in [5, 5.41) is 16.8. The minimum Gasteiger partial charge on any atom is -0.396 e. The quantitative estimate of drug-likeness (QED) is 0.637. The van der Waals surface area contributed by atoms with E-state index in [1.54, 1.807) is 0 Å². The van der Waals surface area contributed by atoms with Gasteiger partial charge in [-0.2, -0.15) is 4.98 Å². The van der Waals surface area contributed by atoms with Gasteiger partial charge in [0, 0.05) is 19.2 Å². The molecule has 0 saturated heterocycles. The molecule has 10 heteroatoms. The molecule has 8 nitrogen and oxygen atoms in total. The van der Waals surface area contributed by atoms with Gasteiger partial charge < -0.3 is 20.3 Å². The third-order valence-electron chi connectivity index (χ3n) is 2.81. The van der Waals surface area contributed by atoms with E-state index in [0.29, 0.717) is 12.5 Å². The van der Waals surface area contributed by atoms with Crippen LogP contribution in [0.25, 0.3) is 0 Å². The number of halogens is 2. The first-order valence-electron chi connectivity index (χ1n) is 6.96. The molecule has 0 fully saturated rings. The maximum absolute atomic E-state index is 13.4. The topological polar surface area (TPSA) is 117 Å². The van der Waals surface area contributed by atoms with Crippen molar-refractivity contribution in [2.24, 2.45) is 0 Å². The normalized spacial score (nSPS) is 10.5. The van der Waals surface area contributed by atoms with Crippen LogP contribution >= 0.6 is 0 Å². The second-order valence-electron chi connectivity index (χ2n) is 4.70. The number of aromatic nitrogens is 2. The van der Waals surface area contributed by atoms with Gasteiger partial charge in [0.25, 0.3) is 0 Å². The van der Waals surface area contributed by atoms with E-state index >= 15 is 0 Å². The number of rotatable bonds is 7. The maximum Gasteiger partial charge on any atom is 0.315 e. The van der Waals surface area contributed by atoms with E-state index in [9.17, 15) is 18.4 Å². The molecule has 1 heterocycles. The van der Waals surface area contributed by atoms with Gasteiger partial charge in [0.2, 0.25) is 5.91 Å². The van der Waals surface area contributed by atoms with Crippen molar-refractivity contribution in [1.29, 1.82) is 0 Å². The lowest BCUT2D eigenvalue weighted by atomic mass is 10.3. The summed E-state index contributed by atoms with van der Waals surface area (Å²) in [6.07, 6.45) is 0.0165. The third kappa shape index (κ3) is 4.81. The Morgan fingerprint density at radius 2 is 2.08 bits per heavy atom. The smallest absolute Gasteiger partial charge is 0.315 e. The number of anilines is 1. The van der Waals surface area contributed by atoms with Crippen molar-refractivity contribution < 1.29 is 28.0 Å². The fraction of sp³-hybridized carbons (Fsp3) is 0.286. The summed E-state index contributed by atoms with van der Waals surface area (Å²) in [5.74, 6) is -3.37. The fourth-order valence-electron chi connectivity index (χ4n) is 1.70. The van der Waals surface area contributed by atoms with Crippen molar-refractivity contribution in [3.05, 3.63) is 41.5 Å². The van der Waals surface area contributed by atoms with Gasteiger partial charge in [0.05, 0.1) is 12.1 Å². The molecular formula is C14H14F2N4O4. The molecular weight excluding hydrogens is 326 g/mol. The SMILES string of the molecule is O=C(Cc1noc(C(=O)NCCCO)n1)Nc1ccc(F)cc1F. The van der Waals surface area contributed by atoms with Gasteiger partial charge in [-0.3, -0.25) is 9.59 Å². The van der Waals surface area contributed by atoms with Gasteiger partial charge in [0.15, 0.2) is 5.82 Å². The van der Waals surface area contributed by atoms with Crippen molar-refractivity contribution in [1.82, 2.24) is 15.5 Å². The van der Waals surface area contributed by atoms with Crippen molar-refractivity contribution in [3.8, 4) is 0 Å². The predicted octanol–water partition coefficient (Wildman–Crippen LogP) is 0.641. The lowest BCUT2D eigenvalue weighted by Crippen LogP contribution is -2.25. The zero-order chi connectivity index (χ0) is 17.5. The highest BCUT2D eigenvalue weighted by molar-refractivity contribution is 5.92. The second-order valence-corrected chi connectivity index (χ2v) is 4.70. The van der Waals surface area contributed by atoms with E-state index in [-0.39, 0.29) is 37.0 Å². The molecule has 0 aliphatic rings. The van der Waals surface area contributed by atoms with E-state index in [2.05, 4.69) is 20.8 Å². The highest BCUT2D eigenvalue weighted by Crippen LogP contribution is 2.15. The standard InChI is InChI=1S/C14H14F2N4O4/c15-8-2-3-10(9(16)6-8)18-12(22)7-11-19-14(24-20-11)13(23)17-4-1-5-21/h2-3,6,21H,1,4-5,7H2,(H,17,23)(H,18,22). The van der Waals surface area contributed by atoms with E-state index in [1.165, 1.54) is 0 Å². The molecule has 1 aromatic heterocycles. The summed E-state index contributed by atoms with van der Waals surface area (Å²) in [5.41, 5.74) is -0.188. The van der Waals surface area contributed by atoms with Gasteiger partial charge >= 0.3 is 11.8 Å². The molecule has 0 unspecified atom stereocenters. The number of carbonyl (C=O) groups excluding carboxylic acids is 2. The number of hydrogen-bond donors (Lipinski definition) is 3. The molecule has 24 heavy (non-hydrogen) atoms. The number of benzene rings is 1. The Kier molecular flexibility index (Phi) is 5.90. The minimum absolute atomic E-state index is 0.0673. The molecule has 0 atom stereocenters. The number of amides is 2. The molecule has 2 aromatic rings. The molecule has 0 bridgehead atoms. The Labute approximate surface area is 134 Å². The molecule has 2 rings (SSSR count). The van der Waals surface area contributed by atoms with Crippen LogP contribution in [0.3, 0.4) is 0 Å². The van der Waals surface area contributed by atoms with Crippen molar-refractivity contribution in [3.63, 3.8) is 0 Å². The highest BCUT2D eigenvalue weighted by Gasteiger charge is 2.17. The average molecular weight is 340 g/mol. The molecule has 0 radical (unpaired) electrons. The lowest BCUT2D eigenvalue weighted by molar-refractivity contribution is -0.115. The van der Waals surface area contributed by atoms with Crippen LogP contribution in [0.15, 0.2) is 22.7 Å².